The third kappa shape index (κ3) is 8.78. The summed E-state index contributed by atoms with van der Waals surface area (Å²) >= 11 is 0. The minimum atomic E-state index is -0.579. The van der Waals surface area contributed by atoms with Gasteiger partial charge < -0.3 is 20.6 Å². The Hall–Kier alpha value is -2.44. The van der Waals surface area contributed by atoms with Crippen molar-refractivity contribution in [3.05, 3.63) is 59.9 Å². The fourth-order valence-electron chi connectivity index (χ4n) is 4.42. The van der Waals surface area contributed by atoms with Crippen LogP contribution in [0.2, 0.25) is 0 Å². The van der Waals surface area contributed by atoms with Crippen molar-refractivity contribution in [2.45, 2.75) is 77.0 Å². The topological polar surface area (TPSA) is 64.6 Å². The van der Waals surface area contributed by atoms with E-state index in [9.17, 15) is 14.3 Å². The fourth-order valence-corrected chi connectivity index (χ4v) is 4.42. The highest BCUT2D eigenvalue weighted by Gasteiger charge is 2.21. The van der Waals surface area contributed by atoms with Crippen molar-refractivity contribution in [2.24, 2.45) is 0 Å². The molecule has 1 amide bonds. The number of hydrogen-bond donors (Lipinski definition) is 3. The number of carbonyl (C=O) groups is 1. The molecule has 1 saturated heterocycles. The summed E-state index contributed by atoms with van der Waals surface area (Å²) in [7, 11) is 0. The fraction of sp³-hybridized carbons (Fsp3) is 0.519. The second-order valence-corrected chi connectivity index (χ2v) is 9.94. The number of hydrogen-bond acceptors (Lipinski definition) is 4. The van der Waals surface area contributed by atoms with Crippen LogP contribution in [-0.2, 0) is 11.2 Å². The van der Waals surface area contributed by atoms with Gasteiger partial charge in [-0.15, -0.1) is 0 Å². The van der Waals surface area contributed by atoms with Gasteiger partial charge in [0.25, 0.3) is 0 Å². The lowest BCUT2D eigenvalue weighted by Crippen LogP contribution is -2.45. The summed E-state index contributed by atoms with van der Waals surface area (Å²) in [6.45, 7) is 7.97. The first-order valence-corrected chi connectivity index (χ1v) is 12.1. The molecule has 0 unspecified atom stereocenters. The average Bonchev–Trinajstić information content (AvgIpc) is 2.74. The summed E-state index contributed by atoms with van der Waals surface area (Å²) < 4.78 is 13.3. The first kappa shape index (κ1) is 25.2. The summed E-state index contributed by atoms with van der Waals surface area (Å²) in [5, 5.41) is 16.5. The smallest absolute Gasteiger partial charge is 0.228 e. The SMILES string of the molecule is C[C@H](CCCC(C)(C)O)NC1CCN(c2ccc(NC(=O)Cc3cccc(F)c3)cc2)CC1. The number of anilines is 2. The molecule has 1 atom stereocenters. The van der Waals surface area contributed by atoms with Crippen molar-refractivity contribution < 1.29 is 14.3 Å². The summed E-state index contributed by atoms with van der Waals surface area (Å²) in [5.41, 5.74) is 1.99. The van der Waals surface area contributed by atoms with Crippen molar-refractivity contribution in [2.75, 3.05) is 23.3 Å². The molecule has 0 bridgehead atoms. The van der Waals surface area contributed by atoms with E-state index in [4.69, 9.17) is 0 Å². The molecule has 180 valence electrons. The van der Waals surface area contributed by atoms with Gasteiger partial charge in [0.15, 0.2) is 0 Å². The number of amides is 1. The number of aliphatic hydroxyl groups is 1. The third-order valence-electron chi connectivity index (χ3n) is 6.21. The second-order valence-electron chi connectivity index (χ2n) is 9.94. The number of rotatable bonds is 10. The predicted octanol–water partition coefficient (Wildman–Crippen LogP) is 4.90. The maximum atomic E-state index is 13.3. The Morgan fingerprint density at radius 1 is 1.18 bits per heavy atom. The molecule has 1 aliphatic heterocycles. The molecule has 0 spiro atoms. The van der Waals surface area contributed by atoms with E-state index in [1.165, 1.54) is 12.1 Å². The average molecular weight is 456 g/mol. The number of nitrogens with one attached hydrogen (secondary N) is 2. The number of nitrogens with zero attached hydrogens (tertiary/aromatic N) is 1. The van der Waals surface area contributed by atoms with Crippen LogP contribution in [0.5, 0.6) is 0 Å². The quantitative estimate of drug-likeness (QED) is 0.477. The highest BCUT2D eigenvalue weighted by molar-refractivity contribution is 5.92. The molecule has 6 heteroatoms. The van der Waals surface area contributed by atoms with Crippen LogP contribution >= 0.6 is 0 Å². The summed E-state index contributed by atoms with van der Waals surface area (Å²) in [5.74, 6) is -0.485. The van der Waals surface area contributed by atoms with E-state index in [1.807, 2.05) is 38.1 Å². The van der Waals surface area contributed by atoms with Gasteiger partial charge in [0.2, 0.25) is 5.91 Å². The summed E-state index contributed by atoms with van der Waals surface area (Å²) in [4.78, 5) is 14.6. The molecule has 2 aromatic carbocycles. The number of carbonyl (C=O) groups excluding carboxylic acids is 1. The van der Waals surface area contributed by atoms with Crippen LogP contribution in [0.3, 0.4) is 0 Å². The van der Waals surface area contributed by atoms with E-state index in [2.05, 4.69) is 22.5 Å². The van der Waals surface area contributed by atoms with Gasteiger partial charge in [-0.3, -0.25) is 4.79 Å². The van der Waals surface area contributed by atoms with Crippen molar-refractivity contribution in [1.29, 1.82) is 0 Å². The monoisotopic (exact) mass is 455 g/mol. The first-order valence-electron chi connectivity index (χ1n) is 12.1. The van der Waals surface area contributed by atoms with Crippen molar-refractivity contribution in [3.8, 4) is 0 Å². The third-order valence-corrected chi connectivity index (χ3v) is 6.21. The van der Waals surface area contributed by atoms with E-state index in [-0.39, 0.29) is 18.1 Å². The molecule has 0 saturated carbocycles. The van der Waals surface area contributed by atoms with Crippen LogP contribution in [0.15, 0.2) is 48.5 Å². The van der Waals surface area contributed by atoms with Gasteiger partial charge in [-0.1, -0.05) is 12.1 Å². The molecular weight excluding hydrogens is 417 g/mol. The van der Waals surface area contributed by atoms with Crippen LogP contribution in [0.1, 0.15) is 58.4 Å². The summed E-state index contributed by atoms with van der Waals surface area (Å²) in [6.07, 6.45) is 5.29. The van der Waals surface area contributed by atoms with Gasteiger partial charge in [0.05, 0.1) is 12.0 Å². The molecular formula is C27H38FN3O2. The van der Waals surface area contributed by atoms with Gasteiger partial charge >= 0.3 is 0 Å². The molecule has 1 aliphatic rings. The van der Waals surface area contributed by atoms with E-state index in [0.29, 0.717) is 17.6 Å². The molecule has 5 nitrogen and oxygen atoms in total. The van der Waals surface area contributed by atoms with E-state index < -0.39 is 5.60 Å². The zero-order valence-corrected chi connectivity index (χ0v) is 20.1. The van der Waals surface area contributed by atoms with Gasteiger partial charge in [-0.25, -0.2) is 4.39 Å². The largest absolute Gasteiger partial charge is 0.390 e. The van der Waals surface area contributed by atoms with Crippen LogP contribution in [-0.4, -0.2) is 41.8 Å². The highest BCUT2D eigenvalue weighted by Crippen LogP contribution is 2.23. The van der Waals surface area contributed by atoms with Crippen LogP contribution < -0.4 is 15.5 Å². The van der Waals surface area contributed by atoms with Crippen molar-refractivity contribution in [3.63, 3.8) is 0 Å². The van der Waals surface area contributed by atoms with Crippen molar-refractivity contribution in [1.82, 2.24) is 5.32 Å². The molecule has 0 aromatic heterocycles. The minimum Gasteiger partial charge on any atom is -0.390 e. The lowest BCUT2D eigenvalue weighted by Gasteiger charge is -2.35. The lowest BCUT2D eigenvalue weighted by molar-refractivity contribution is -0.115. The Kier molecular flexibility index (Phi) is 8.87. The molecule has 1 heterocycles. The van der Waals surface area contributed by atoms with Crippen LogP contribution in [0.4, 0.5) is 15.8 Å². The Morgan fingerprint density at radius 3 is 2.52 bits per heavy atom. The van der Waals surface area contributed by atoms with Crippen molar-refractivity contribution >= 4 is 17.3 Å². The molecule has 3 N–H and O–H groups in total. The Balaban J connectivity index is 1.40. The first-order chi connectivity index (χ1) is 15.7. The standard InChI is InChI=1S/C27H38FN3O2/c1-20(6-5-15-27(2,3)33)29-24-13-16-31(17-14-24)25-11-9-23(10-12-25)30-26(32)19-21-7-4-8-22(28)18-21/h4,7-12,18,20,24,29,33H,5-6,13-17,19H2,1-3H3,(H,30,32)/t20-/m1/s1. The Bertz CT molecular complexity index is 887. The second kappa shape index (κ2) is 11.6. The van der Waals surface area contributed by atoms with E-state index in [1.54, 1.807) is 12.1 Å². The maximum Gasteiger partial charge on any atom is 0.228 e. The molecule has 0 radical (unpaired) electrons. The summed E-state index contributed by atoms with van der Waals surface area (Å²) in [6, 6.07) is 15.1. The number of piperidine rings is 1. The normalized spacial score (nSPS) is 16.0. The van der Waals surface area contributed by atoms with E-state index in [0.717, 1.165) is 56.6 Å². The van der Waals surface area contributed by atoms with Crippen LogP contribution in [0, 0.1) is 5.82 Å². The Labute approximate surface area is 197 Å². The zero-order chi connectivity index (χ0) is 23.8. The molecule has 1 fully saturated rings. The van der Waals surface area contributed by atoms with E-state index >= 15 is 0 Å². The molecule has 3 rings (SSSR count). The minimum absolute atomic E-state index is 0.149. The van der Waals surface area contributed by atoms with Crippen LogP contribution in [0.25, 0.3) is 0 Å². The number of benzene rings is 2. The van der Waals surface area contributed by atoms with Gasteiger partial charge in [-0.05, 0) is 94.8 Å². The molecule has 33 heavy (non-hydrogen) atoms. The molecule has 0 aliphatic carbocycles. The Morgan fingerprint density at radius 2 is 1.88 bits per heavy atom. The van der Waals surface area contributed by atoms with Gasteiger partial charge in [0.1, 0.15) is 5.82 Å². The lowest BCUT2D eigenvalue weighted by atomic mass is 9.98. The predicted molar refractivity (Wildman–Crippen MR) is 133 cm³/mol. The zero-order valence-electron chi connectivity index (χ0n) is 20.1. The number of halogens is 1. The highest BCUT2D eigenvalue weighted by atomic mass is 19.1. The van der Waals surface area contributed by atoms with Gasteiger partial charge in [-0.2, -0.15) is 0 Å². The van der Waals surface area contributed by atoms with Gasteiger partial charge in [0, 0.05) is 36.5 Å². The maximum absolute atomic E-state index is 13.3. The molecule has 2 aromatic rings.